The molecule has 23 heavy (non-hydrogen) atoms. The van der Waals surface area contributed by atoms with Gasteiger partial charge in [0.25, 0.3) is 0 Å². The van der Waals surface area contributed by atoms with Crippen LogP contribution in [0.2, 0.25) is 0 Å². The Balaban J connectivity index is 1.59. The van der Waals surface area contributed by atoms with Crippen LogP contribution >= 0.6 is 0 Å². The van der Waals surface area contributed by atoms with Crippen LogP contribution in [-0.2, 0) is 30.8 Å². The summed E-state index contributed by atoms with van der Waals surface area (Å²) in [5, 5.41) is 5.04. The lowest BCUT2D eigenvalue weighted by molar-refractivity contribution is -0.129. The maximum absolute atomic E-state index is 11.6. The monoisotopic (exact) mass is 340 g/mol. The van der Waals surface area contributed by atoms with Crippen LogP contribution in [0.15, 0.2) is 30.3 Å². The Hall–Kier alpha value is -1.93. The summed E-state index contributed by atoms with van der Waals surface area (Å²) in [7, 11) is -3.03. The predicted molar refractivity (Wildman–Crippen MR) is 84.3 cm³/mol. The second kappa shape index (κ2) is 8.07. The average Bonchev–Trinajstić information content (AvgIpc) is 2.85. The van der Waals surface area contributed by atoms with Crippen LogP contribution in [0.4, 0.5) is 0 Å². The smallest absolute Gasteiger partial charge is 0.246 e. The number of hydrogen-bond donors (Lipinski definition) is 2. The Morgan fingerprint density at radius 2 is 1.91 bits per heavy atom. The maximum atomic E-state index is 11.6. The number of amides is 2. The summed E-state index contributed by atoms with van der Waals surface area (Å²) in [4.78, 5) is 23.2. The lowest BCUT2D eigenvalue weighted by Crippen LogP contribution is -2.43. The van der Waals surface area contributed by atoms with Crippen molar-refractivity contribution in [3.63, 3.8) is 0 Å². The predicted octanol–water partition coefficient (Wildman–Crippen LogP) is -0.377. The summed E-state index contributed by atoms with van der Waals surface area (Å²) >= 11 is 0. The van der Waals surface area contributed by atoms with Gasteiger partial charge in [0.1, 0.15) is 6.61 Å². The Bertz CT molecular complexity index is 645. The lowest BCUT2D eigenvalue weighted by atomic mass is 10.2. The number of sulfone groups is 1. The number of hydrogen-bond acceptors (Lipinski definition) is 5. The molecular formula is C15H20N2O5S. The first-order chi connectivity index (χ1) is 10.9. The van der Waals surface area contributed by atoms with Crippen molar-refractivity contribution in [1.82, 2.24) is 10.6 Å². The second-order valence-electron chi connectivity index (χ2n) is 5.42. The van der Waals surface area contributed by atoms with Crippen LogP contribution in [0, 0.1) is 0 Å². The minimum Gasteiger partial charge on any atom is -0.367 e. The van der Waals surface area contributed by atoms with Crippen molar-refractivity contribution in [3.05, 3.63) is 35.9 Å². The van der Waals surface area contributed by atoms with Gasteiger partial charge in [-0.05, 0) is 12.0 Å². The van der Waals surface area contributed by atoms with E-state index < -0.39 is 21.7 Å². The molecule has 0 spiro atoms. The molecule has 0 aromatic heterocycles. The number of benzene rings is 1. The van der Waals surface area contributed by atoms with E-state index in [9.17, 15) is 18.0 Å². The molecule has 1 saturated heterocycles. The van der Waals surface area contributed by atoms with Crippen molar-refractivity contribution in [3.8, 4) is 0 Å². The first-order valence-corrected chi connectivity index (χ1v) is 9.15. The molecular weight excluding hydrogens is 320 g/mol. The van der Waals surface area contributed by atoms with Gasteiger partial charge < -0.3 is 15.4 Å². The zero-order valence-corrected chi connectivity index (χ0v) is 13.5. The normalized spacial score (nSPS) is 19.2. The van der Waals surface area contributed by atoms with Crippen molar-refractivity contribution in [2.45, 2.75) is 19.1 Å². The average molecular weight is 340 g/mol. The lowest BCUT2D eigenvalue weighted by Gasteiger charge is -2.11. The third-order valence-electron chi connectivity index (χ3n) is 3.39. The fourth-order valence-corrected chi connectivity index (χ4v) is 3.93. The molecule has 1 aliphatic heterocycles. The van der Waals surface area contributed by atoms with Crippen molar-refractivity contribution < 1.29 is 22.7 Å². The molecule has 1 aromatic carbocycles. The van der Waals surface area contributed by atoms with E-state index >= 15 is 0 Å². The van der Waals surface area contributed by atoms with Gasteiger partial charge in [-0.25, -0.2) is 8.42 Å². The molecule has 2 N–H and O–H groups in total. The zero-order chi connectivity index (χ0) is 16.7. The van der Waals surface area contributed by atoms with Gasteiger partial charge in [-0.1, -0.05) is 30.3 Å². The molecule has 8 heteroatoms. The van der Waals surface area contributed by atoms with Crippen LogP contribution in [0.1, 0.15) is 12.0 Å². The van der Waals surface area contributed by atoms with E-state index in [4.69, 9.17) is 4.74 Å². The first-order valence-electron chi connectivity index (χ1n) is 7.33. The maximum Gasteiger partial charge on any atom is 0.246 e. The number of nitrogens with one attached hydrogen (secondary N) is 2. The Morgan fingerprint density at radius 1 is 1.17 bits per heavy atom. The van der Waals surface area contributed by atoms with Gasteiger partial charge in [0.2, 0.25) is 11.8 Å². The number of carbonyl (C=O) groups is 2. The Morgan fingerprint density at radius 3 is 2.57 bits per heavy atom. The summed E-state index contributed by atoms with van der Waals surface area (Å²) < 4.78 is 27.8. The zero-order valence-electron chi connectivity index (χ0n) is 12.7. The number of rotatable bonds is 7. The molecule has 1 aromatic rings. The van der Waals surface area contributed by atoms with Gasteiger partial charge in [-0.2, -0.15) is 0 Å². The van der Waals surface area contributed by atoms with Crippen LogP contribution in [0.5, 0.6) is 0 Å². The van der Waals surface area contributed by atoms with Gasteiger partial charge >= 0.3 is 0 Å². The minimum atomic E-state index is -3.03. The standard InChI is InChI=1S/C15H20N2O5S/c18-14(17-13-6-7-23(20,21)11-13)8-16-15(19)10-22-9-12-4-2-1-3-5-12/h1-5,13H,6-11H2,(H,16,19)(H,17,18). The highest BCUT2D eigenvalue weighted by Gasteiger charge is 2.28. The van der Waals surface area contributed by atoms with Crippen molar-refractivity contribution >= 4 is 21.7 Å². The van der Waals surface area contributed by atoms with E-state index in [1.165, 1.54) is 0 Å². The van der Waals surface area contributed by atoms with Gasteiger partial charge in [0.15, 0.2) is 9.84 Å². The van der Waals surface area contributed by atoms with Crippen molar-refractivity contribution in [2.24, 2.45) is 0 Å². The van der Waals surface area contributed by atoms with E-state index in [1.807, 2.05) is 30.3 Å². The van der Waals surface area contributed by atoms with E-state index in [2.05, 4.69) is 10.6 Å². The number of carbonyl (C=O) groups excluding carboxylic acids is 2. The molecule has 0 radical (unpaired) electrons. The Kier molecular flexibility index (Phi) is 6.12. The summed E-state index contributed by atoms with van der Waals surface area (Å²) in [5.74, 6) is -0.733. The molecule has 126 valence electrons. The molecule has 0 aliphatic carbocycles. The summed E-state index contributed by atoms with van der Waals surface area (Å²) in [6, 6.07) is 9.07. The molecule has 0 saturated carbocycles. The molecule has 2 amide bonds. The minimum absolute atomic E-state index is 0.0348. The van der Waals surface area contributed by atoms with Crippen molar-refractivity contribution in [2.75, 3.05) is 24.7 Å². The molecule has 1 heterocycles. The molecule has 1 aliphatic rings. The molecule has 7 nitrogen and oxygen atoms in total. The van der Waals surface area contributed by atoms with Crippen LogP contribution in [0.3, 0.4) is 0 Å². The van der Waals surface area contributed by atoms with Gasteiger partial charge in [-0.3, -0.25) is 9.59 Å². The highest BCUT2D eigenvalue weighted by molar-refractivity contribution is 7.91. The van der Waals surface area contributed by atoms with Crippen LogP contribution in [0.25, 0.3) is 0 Å². The topological polar surface area (TPSA) is 102 Å². The van der Waals surface area contributed by atoms with Gasteiger partial charge in [0.05, 0.1) is 24.7 Å². The Labute approximate surface area is 135 Å². The fraction of sp³-hybridized carbons (Fsp3) is 0.467. The molecule has 1 unspecified atom stereocenters. The largest absolute Gasteiger partial charge is 0.367 e. The summed E-state index contributed by atoms with van der Waals surface area (Å²) in [6.45, 7) is -0.00947. The molecule has 1 atom stereocenters. The molecule has 2 rings (SSSR count). The van der Waals surface area contributed by atoms with Crippen molar-refractivity contribution in [1.29, 1.82) is 0 Å². The first kappa shape index (κ1) is 17.4. The van der Waals surface area contributed by atoms with Crippen LogP contribution < -0.4 is 10.6 Å². The number of ether oxygens (including phenoxy) is 1. The van der Waals surface area contributed by atoms with Gasteiger partial charge in [0, 0.05) is 6.04 Å². The van der Waals surface area contributed by atoms with E-state index in [-0.39, 0.29) is 30.7 Å². The van der Waals surface area contributed by atoms with Gasteiger partial charge in [-0.15, -0.1) is 0 Å². The van der Waals surface area contributed by atoms with E-state index in [0.717, 1.165) is 5.56 Å². The van der Waals surface area contributed by atoms with E-state index in [0.29, 0.717) is 13.0 Å². The van der Waals surface area contributed by atoms with E-state index in [1.54, 1.807) is 0 Å². The SMILES string of the molecule is O=C(COCc1ccccc1)NCC(=O)NC1CCS(=O)(=O)C1. The summed E-state index contributed by atoms with van der Waals surface area (Å²) in [6.07, 6.45) is 0.419. The molecule has 0 bridgehead atoms. The quantitative estimate of drug-likeness (QED) is 0.705. The highest BCUT2D eigenvalue weighted by atomic mass is 32.2. The fourth-order valence-electron chi connectivity index (χ4n) is 2.25. The third-order valence-corrected chi connectivity index (χ3v) is 5.16. The highest BCUT2D eigenvalue weighted by Crippen LogP contribution is 2.10. The van der Waals surface area contributed by atoms with Crippen LogP contribution in [-0.4, -0.2) is 50.9 Å². The second-order valence-corrected chi connectivity index (χ2v) is 7.65. The molecule has 1 fully saturated rings. The third kappa shape index (κ3) is 6.37. The summed E-state index contributed by atoms with van der Waals surface area (Å²) in [5.41, 5.74) is 0.959.